The third-order valence-electron chi connectivity index (χ3n) is 6.98. The molecule has 4 atom stereocenters. The highest BCUT2D eigenvalue weighted by atomic mass is 16.2. The summed E-state index contributed by atoms with van der Waals surface area (Å²) in [6, 6.07) is 5.93. The van der Waals surface area contributed by atoms with Gasteiger partial charge in [0.25, 0.3) is 5.91 Å². The van der Waals surface area contributed by atoms with E-state index in [0.717, 1.165) is 31.7 Å². The summed E-state index contributed by atoms with van der Waals surface area (Å²) in [7, 11) is 0. The molecule has 148 valence electrons. The van der Waals surface area contributed by atoms with Crippen molar-refractivity contribution in [3.05, 3.63) is 34.9 Å². The summed E-state index contributed by atoms with van der Waals surface area (Å²) in [6.45, 7) is 6.85. The Morgan fingerprint density at radius 1 is 1.18 bits per heavy atom. The molecule has 4 heterocycles. The van der Waals surface area contributed by atoms with Gasteiger partial charge in [-0.2, -0.15) is 0 Å². The number of benzene rings is 1. The van der Waals surface area contributed by atoms with Crippen LogP contribution in [0.3, 0.4) is 0 Å². The van der Waals surface area contributed by atoms with Gasteiger partial charge in [-0.25, -0.2) is 0 Å². The van der Waals surface area contributed by atoms with Gasteiger partial charge in [-0.3, -0.25) is 24.6 Å². The van der Waals surface area contributed by atoms with Gasteiger partial charge in [0, 0.05) is 44.2 Å². The van der Waals surface area contributed by atoms with Gasteiger partial charge in [0.1, 0.15) is 6.04 Å². The number of fused-ring (bicyclic) bond motifs is 2. The molecule has 1 aromatic carbocycles. The number of imide groups is 1. The van der Waals surface area contributed by atoms with Crippen LogP contribution in [-0.2, 0) is 22.7 Å². The van der Waals surface area contributed by atoms with Gasteiger partial charge >= 0.3 is 0 Å². The highest BCUT2D eigenvalue weighted by molar-refractivity contribution is 6.05. The van der Waals surface area contributed by atoms with Gasteiger partial charge in [-0.05, 0) is 48.9 Å². The number of likely N-dealkylation sites (tertiary alicyclic amines) is 1. The maximum absolute atomic E-state index is 13.0. The van der Waals surface area contributed by atoms with E-state index >= 15 is 0 Å². The second-order valence-corrected chi connectivity index (χ2v) is 8.66. The maximum atomic E-state index is 13.0. The molecule has 0 aliphatic carbocycles. The first-order valence-corrected chi connectivity index (χ1v) is 10.2. The minimum atomic E-state index is -0.552. The fraction of sp³-hybridized carbons (Fsp3) is 0.571. The molecule has 0 spiro atoms. The van der Waals surface area contributed by atoms with Gasteiger partial charge in [-0.15, -0.1) is 0 Å². The Morgan fingerprint density at radius 2 is 2.04 bits per heavy atom. The molecule has 3 saturated heterocycles. The van der Waals surface area contributed by atoms with Crippen molar-refractivity contribution >= 4 is 17.7 Å². The van der Waals surface area contributed by atoms with Crippen LogP contribution in [0.4, 0.5) is 0 Å². The maximum Gasteiger partial charge on any atom is 0.255 e. The summed E-state index contributed by atoms with van der Waals surface area (Å²) in [4.78, 5) is 40.8. The van der Waals surface area contributed by atoms with Gasteiger partial charge in [-0.1, -0.05) is 12.1 Å². The van der Waals surface area contributed by atoms with Crippen LogP contribution in [0.15, 0.2) is 18.2 Å². The number of nitrogens with one attached hydrogen (secondary N) is 2. The normalized spacial score (nSPS) is 32.6. The standard InChI is InChI=1S/C21H26N4O3/c1-12-16-10-24(9-14(16)7-22-12)8-13-3-2-4-15-17(13)11-25(21(15)28)18-5-6-19(26)23-20(18)27/h2-4,12,14,16,18,22H,5-11H2,1H3,(H,23,26,27). The van der Waals surface area contributed by atoms with Crippen LogP contribution in [0.25, 0.3) is 0 Å². The largest absolute Gasteiger partial charge is 0.322 e. The van der Waals surface area contributed by atoms with Crippen molar-refractivity contribution in [3.8, 4) is 0 Å². The molecule has 2 N–H and O–H groups in total. The first kappa shape index (κ1) is 17.8. The van der Waals surface area contributed by atoms with Crippen molar-refractivity contribution in [1.29, 1.82) is 0 Å². The van der Waals surface area contributed by atoms with Crippen LogP contribution in [0, 0.1) is 11.8 Å². The number of carbonyl (C=O) groups is 3. The molecule has 1 aromatic rings. The molecule has 4 aliphatic rings. The van der Waals surface area contributed by atoms with E-state index in [1.165, 1.54) is 5.56 Å². The van der Waals surface area contributed by atoms with E-state index < -0.39 is 6.04 Å². The fourth-order valence-corrected chi connectivity index (χ4v) is 5.43. The molecule has 0 radical (unpaired) electrons. The smallest absolute Gasteiger partial charge is 0.255 e. The zero-order chi connectivity index (χ0) is 19.4. The monoisotopic (exact) mass is 382 g/mol. The average Bonchev–Trinajstić information content (AvgIpc) is 3.31. The lowest BCUT2D eigenvalue weighted by molar-refractivity contribution is -0.136. The average molecular weight is 382 g/mol. The lowest BCUT2D eigenvalue weighted by Gasteiger charge is -2.29. The Morgan fingerprint density at radius 3 is 2.82 bits per heavy atom. The summed E-state index contributed by atoms with van der Waals surface area (Å²) in [5, 5.41) is 5.93. The van der Waals surface area contributed by atoms with E-state index in [2.05, 4.69) is 28.5 Å². The van der Waals surface area contributed by atoms with E-state index in [-0.39, 0.29) is 24.1 Å². The Balaban J connectivity index is 1.34. The first-order valence-electron chi connectivity index (χ1n) is 10.2. The molecule has 0 bridgehead atoms. The molecular weight excluding hydrogens is 356 g/mol. The Kier molecular flexibility index (Phi) is 4.25. The molecule has 3 amide bonds. The molecular formula is C21H26N4O3. The van der Waals surface area contributed by atoms with Crippen LogP contribution in [0.5, 0.6) is 0 Å². The number of amides is 3. The topological polar surface area (TPSA) is 81.8 Å². The van der Waals surface area contributed by atoms with Crippen LogP contribution >= 0.6 is 0 Å². The number of hydrogen-bond acceptors (Lipinski definition) is 5. The van der Waals surface area contributed by atoms with Crippen LogP contribution in [0.2, 0.25) is 0 Å². The molecule has 3 fully saturated rings. The zero-order valence-corrected chi connectivity index (χ0v) is 16.1. The highest BCUT2D eigenvalue weighted by Gasteiger charge is 2.42. The lowest BCUT2D eigenvalue weighted by Crippen LogP contribution is -2.52. The van der Waals surface area contributed by atoms with Crippen molar-refractivity contribution in [3.63, 3.8) is 0 Å². The van der Waals surface area contributed by atoms with Gasteiger partial charge < -0.3 is 10.2 Å². The number of piperidine rings is 1. The Bertz CT molecular complexity index is 854. The predicted octanol–water partition coefficient (Wildman–Crippen LogP) is 0.487. The highest BCUT2D eigenvalue weighted by Crippen LogP contribution is 2.34. The molecule has 0 aromatic heterocycles. The number of rotatable bonds is 3. The van der Waals surface area contributed by atoms with Crippen LogP contribution in [0.1, 0.15) is 41.3 Å². The lowest BCUT2D eigenvalue weighted by atomic mass is 9.95. The van der Waals surface area contributed by atoms with Gasteiger partial charge in [0.2, 0.25) is 11.8 Å². The number of nitrogens with zero attached hydrogens (tertiary/aromatic N) is 2. The minimum absolute atomic E-state index is 0.0949. The predicted molar refractivity (Wildman–Crippen MR) is 102 cm³/mol. The van der Waals surface area contributed by atoms with Crippen molar-refractivity contribution in [2.24, 2.45) is 11.8 Å². The first-order chi connectivity index (χ1) is 13.5. The molecule has 4 aliphatic heterocycles. The van der Waals surface area contributed by atoms with Crippen molar-refractivity contribution < 1.29 is 14.4 Å². The van der Waals surface area contributed by atoms with E-state index in [4.69, 9.17) is 0 Å². The summed E-state index contributed by atoms with van der Waals surface area (Å²) in [5.41, 5.74) is 2.93. The third-order valence-corrected chi connectivity index (χ3v) is 6.98. The second-order valence-electron chi connectivity index (χ2n) is 8.66. The zero-order valence-electron chi connectivity index (χ0n) is 16.1. The molecule has 28 heavy (non-hydrogen) atoms. The van der Waals surface area contributed by atoms with Crippen molar-refractivity contribution in [2.45, 2.75) is 44.9 Å². The van der Waals surface area contributed by atoms with Gasteiger partial charge in [0.05, 0.1) is 0 Å². The molecule has 7 heteroatoms. The SMILES string of the molecule is CC1NCC2CN(Cc3cccc4c3CN(C3CCC(=O)NC3=O)C4=O)CC21. The van der Waals surface area contributed by atoms with Crippen LogP contribution in [-0.4, -0.2) is 59.2 Å². The Hall–Kier alpha value is -2.25. The van der Waals surface area contributed by atoms with E-state index in [9.17, 15) is 14.4 Å². The second kappa shape index (κ2) is 6.67. The summed E-state index contributed by atoms with van der Waals surface area (Å²) in [6.07, 6.45) is 0.687. The third kappa shape index (κ3) is 2.84. The summed E-state index contributed by atoms with van der Waals surface area (Å²) < 4.78 is 0. The minimum Gasteiger partial charge on any atom is -0.322 e. The summed E-state index contributed by atoms with van der Waals surface area (Å²) in [5.74, 6) is 0.719. The van der Waals surface area contributed by atoms with E-state index in [0.29, 0.717) is 36.4 Å². The van der Waals surface area contributed by atoms with Gasteiger partial charge in [0.15, 0.2) is 0 Å². The quantitative estimate of drug-likeness (QED) is 0.744. The van der Waals surface area contributed by atoms with Crippen molar-refractivity contribution in [1.82, 2.24) is 20.4 Å². The molecule has 4 unspecified atom stereocenters. The molecule has 7 nitrogen and oxygen atoms in total. The van der Waals surface area contributed by atoms with Crippen molar-refractivity contribution in [2.75, 3.05) is 19.6 Å². The molecule has 5 rings (SSSR count). The Labute approximate surface area is 164 Å². The van der Waals surface area contributed by atoms with Crippen LogP contribution < -0.4 is 10.6 Å². The number of hydrogen-bond donors (Lipinski definition) is 2. The van der Waals surface area contributed by atoms with E-state index in [1.807, 2.05) is 12.1 Å². The molecule has 0 saturated carbocycles. The summed E-state index contributed by atoms with van der Waals surface area (Å²) >= 11 is 0. The number of carbonyl (C=O) groups excluding carboxylic acids is 3. The fourth-order valence-electron chi connectivity index (χ4n) is 5.43. The van der Waals surface area contributed by atoms with E-state index in [1.54, 1.807) is 4.90 Å².